The van der Waals surface area contributed by atoms with E-state index in [1.807, 2.05) is 12.1 Å². The first-order valence-corrected chi connectivity index (χ1v) is 11.8. The molecule has 3 aromatic carbocycles. The van der Waals surface area contributed by atoms with E-state index < -0.39 is 6.36 Å². The molecule has 0 N–H and O–H groups in total. The van der Waals surface area contributed by atoms with Crippen molar-refractivity contribution in [3.05, 3.63) is 77.4 Å². The summed E-state index contributed by atoms with van der Waals surface area (Å²) in [5.41, 5.74) is 3.20. The van der Waals surface area contributed by atoms with E-state index in [2.05, 4.69) is 47.8 Å². The molecule has 0 aromatic heterocycles. The maximum absolute atomic E-state index is 12.4. The van der Waals surface area contributed by atoms with Crippen molar-refractivity contribution in [3.63, 3.8) is 0 Å². The molecule has 1 aliphatic carbocycles. The molecular weight excluding hydrogens is 421 g/mol. The number of hydrogen-bond donors (Lipinski definition) is 0. The van der Waals surface area contributed by atoms with Crippen molar-refractivity contribution < 1.29 is 17.9 Å². The van der Waals surface area contributed by atoms with Crippen LogP contribution in [0.3, 0.4) is 0 Å². The Bertz CT molecular complexity index is 1130. The van der Waals surface area contributed by atoms with Gasteiger partial charge in [0, 0.05) is 11.1 Å². The van der Waals surface area contributed by atoms with E-state index >= 15 is 0 Å². The van der Waals surface area contributed by atoms with E-state index in [0.717, 1.165) is 22.4 Å². The van der Waals surface area contributed by atoms with Gasteiger partial charge in [-0.1, -0.05) is 62.3 Å². The van der Waals surface area contributed by atoms with Crippen LogP contribution in [0, 0.1) is 17.8 Å². The van der Waals surface area contributed by atoms with Crippen LogP contribution in [0.5, 0.6) is 5.75 Å². The predicted molar refractivity (Wildman–Crippen MR) is 127 cm³/mol. The van der Waals surface area contributed by atoms with Gasteiger partial charge in [0.25, 0.3) is 0 Å². The Morgan fingerprint density at radius 1 is 0.818 bits per heavy atom. The first-order chi connectivity index (χ1) is 15.9. The summed E-state index contributed by atoms with van der Waals surface area (Å²) in [6.45, 7) is 2.27. The minimum absolute atomic E-state index is 0.219. The quantitative estimate of drug-likeness (QED) is 0.354. The van der Waals surface area contributed by atoms with Gasteiger partial charge in [0.1, 0.15) is 5.75 Å². The molecule has 3 aromatic rings. The van der Waals surface area contributed by atoms with Crippen molar-refractivity contribution in [1.82, 2.24) is 0 Å². The normalized spacial score (nSPS) is 18.5. The topological polar surface area (TPSA) is 9.23 Å². The molecule has 0 aliphatic heterocycles. The molecule has 4 rings (SSSR count). The van der Waals surface area contributed by atoms with E-state index in [0.29, 0.717) is 11.3 Å². The van der Waals surface area contributed by atoms with Crippen molar-refractivity contribution in [2.75, 3.05) is 0 Å². The number of benzene rings is 3. The molecule has 172 valence electrons. The summed E-state index contributed by atoms with van der Waals surface area (Å²) < 4.78 is 41.2. The van der Waals surface area contributed by atoms with Crippen molar-refractivity contribution in [2.45, 2.75) is 64.1 Å². The van der Waals surface area contributed by atoms with Gasteiger partial charge in [-0.3, -0.25) is 0 Å². The Hall–Kier alpha value is -2.93. The molecule has 1 aliphatic rings. The summed E-state index contributed by atoms with van der Waals surface area (Å²) in [6.07, 6.45) is 4.60. The third-order valence-corrected chi connectivity index (χ3v) is 6.59. The largest absolute Gasteiger partial charge is 0.573 e. The zero-order valence-corrected chi connectivity index (χ0v) is 18.9. The van der Waals surface area contributed by atoms with Crippen molar-refractivity contribution in [3.8, 4) is 17.6 Å². The molecule has 0 radical (unpaired) electrons. The van der Waals surface area contributed by atoms with Gasteiger partial charge in [0.05, 0.1) is 0 Å². The Kier molecular flexibility index (Phi) is 7.28. The van der Waals surface area contributed by atoms with Crippen LogP contribution in [0.1, 0.15) is 74.5 Å². The lowest BCUT2D eigenvalue weighted by Crippen LogP contribution is -2.16. The second kappa shape index (κ2) is 10.3. The summed E-state index contributed by atoms with van der Waals surface area (Å²) in [5.74, 6) is 7.73. The monoisotopic (exact) mass is 450 g/mol. The molecule has 0 unspecified atom stereocenters. The van der Waals surface area contributed by atoms with Gasteiger partial charge in [-0.25, -0.2) is 0 Å². The maximum Gasteiger partial charge on any atom is 0.573 e. The van der Waals surface area contributed by atoms with Crippen molar-refractivity contribution in [2.24, 2.45) is 5.92 Å². The predicted octanol–water partition coefficient (Wildman–Crippen LogP) is 8.60. The number of halogens is 3. The highest BCUT2D eigenvalue weighted by Crippen LogP contribution is 2.37. The van der Waals surface area contributed by atoms with Gasteiger partial charge in [0.15, 0.2) is 0 Å². The van der Waals surface area contributed by atoms with E-state index in [-0.39, 0.29) is 5.75 Å². The fourth-order valence-electron chi connectivity index (χ4n) is 4.76. The van der Waals surface area contributed by atoms with Crippen LogP contribution in [0.25, 0.3) is 10.8 Å². The Labute approximate surface area is 194 Å². The van der Waals surface area contributed by atoms with Crippen LogP contribution >= 0.6 is 0 Å². The third kappa shape index (κ3) is 6.54. The number of rotatable bonds is 5. The summed E-state index contributed by atoms with van der Waals surface area (Å²) >= 11 is 0. The zero-order chi connectivity index (χ0) is 23.3. The summed E-state index contributed by atoms with van der Waals surface area (Å²) in [5, 5.41) is 1.50. The molecule has 1 fully saturated rings. The van der Waals surface area contributed by atoms with Gasteiger partial charge in [0.2, 0.25) is 0 Å². The highest BCUT2D eigenvalue weighted by molar-refractivity contribution is 5.85. The molecule has 0 saturated heterocycles. The van der Waals surface area contributed by atoms with Crippen LogP contribution < -0.4 is 4.74 Å². The Morgan fingerprint density at radius 2 is 1.45 bits per heavy atom. The number of ether oxygens (including phenoxy) is 1. The van der Waals surface area contributed by atoms with Crippen molar-refractivity contribution >= 4 is 10.8 Å². The van der Waals surface area contributed by atoms with E-state index in [4.69, 9.17) is 0 Å². The number of alkyl halides is 3. The molecule has 0 bridgehead atoms. The van der Waals surface area contributed by atoms with Crippen molar-refractivity contribution in [1.29, 1.82) is 0 Å². The SMILES string of the molecule is CCCCC1CCC(c2ccc(C#Cc3ccc4cc(OC(F)(F)F)ccc4c3)cc2)CC1. The Balaban J connectivity index is 1.39. The zero-order valence-electron chi connectivity index (χ0n) is 18.9. The lowest BCUT2D eigenvalue weighted by atomic mass is 9.77. The van der Waals surface area contributed by atoms with Gasteiger partial charge >= 0.3 is 6.36 Å². The van der Waals surface area contributed by atoms with Gasteiger partial charge in [-0.15, -0.1) is 13.2 Å². The second-order valence-corrected chi connectivity index (χ2v) is 9.00. The molecule has 1 saturated carbocycles. The summed E-state index contributed by atoms with van der Waals surface area (Å²) in [4.78, 5) is 0. The van der Waals surface area contributed by atoms with E-state index in [1.165, 1.54) is 62.6 Å². The first kappa shape index (κ1) is 23.2. The average molecular weight is 451 g/mol. The van der Waals surface area contributed by atoms with Crippen LogP contribution in [0.4, 0.5) is 13.2 Å². The third-order valence-electron chi connectivity index (χ3n) is 6.59. The number of unbranched alkanes of at least 4 members (excludes halogenated alkanes) is 1. The highest BCUT2D eigenvalue weighted by atomic mass is 19.4. The average Bonchev–Trinajstić information content (AvgIpc) is 2.81. The number of hydrogen-bond acceptors (Lipinski definition) is 1. The van der Waals surface area contributed by atoms with Gasteiger partial charge < -0.3 is 4.74 Å². The molecule has 4 heteroatoms. The van der Waals surface area contributed by atoms with Gasteiger partial charge in [-0.2, -0.15) is 0 Å². The fourth-order valence-corrected chi connectivity index (χ4v) is 4.76. The lowest BCUT2D eigenvalue weighted by molar-refractivity contribution is -0.274. The van der Waals surface area contributed by atoms with Crippen LogP contribution in [0.2, 0.25) is 0 Å². The molecule has 1 nitrogen and oxygen atoms in total. The highest BCUT2D eigenvalue weighted by Gasteiger charge is 2.31. The molecule has 0 amide bonds. The molecular formula is C29H29F3O. The summed E-state index contributed by atoms with van der Waals surface area (Å²) in [6, 6.07) is 18.4. The summed E-state index contributed by atoms with van der Waals surface area (Å²) in [7, 11) is 0. The minimum atomic E-state index is -4.69. The van der Waals surface area contributed by atoms with Gasteiger partial charge in [-0.05, 0) is 90.3 Å². The Morgan fingerprint density at radius 3 is 2.15 bits per heavy atom. The molecule has 0 heterocycles. The second-order valence-electron chi connectivity index (χ2n) is 9.00. The standard InChI is InChI=1S/C29H29F3O/c1-2-3-4-21-7-12-24(13-8-21)25-14-9-22(10-15-25)5-6-23-11-16-27-20-28(33-29(30,31)32)18-17-26(27)19-23/h9-11,14-21,24H,2-4,7-8,12-13H2,1H3. The van der Waals surface area contributed by atoms with Crippen LogP contribution in [-0.4, -0.2) is 6.36 Å². The molecule has 0 spiro atoms. The van der Waals surface area contributed by atoms with E-state index in [9.17, 15) is 13.2 Å². The smallest absolute Gasteiger partial charge is 0.406 e. The molecule has 33 heavy (non-hydrogen) atoms. The first-order valence-electron chi connectivity index (χ1n) is 11.8. The lowest BCUT2D eigenvalue weighted by Gasteiger charge is -2.28. The van der Waals surface area contributed by atoms with Crippen LogP contribution in [0.15, 0.2) is 60.7 Å². The minimum Gasteiger partial charge on any atom is -0.406 e. The fraction of sp³-hybridized carbons (Fsp3) is 0.379. The molecule has 0 atom stereocenters. The van der Waals surface area contributed by atoms with Crippen LogP contribution in [-0.2, 0) is 0 Å². The van der Waals surface area contributed by atoms with E-state index in [1.54, 1.807) is 12.1 Å². The maximum atomic E-state index is 12.4. The number of fused-ring (bicyclic) bond motifs is 1.